The smallest absolute Gasteiger partial charge is 0.251 e. The Labute approximate surface area is 122 Å². The fourth-order valence-electron chi connectivity index (χ4n) is 2.64. The Morgan fingerprint density at radius 2 is 2.21 bits per heavy atom. The van der Waals surface area contributed by atoms with Crippen LogP contribution in [0.4, 0.5) is 0 Å². The Kier molecular flexibility index (Phi) is 4.86. The molecule has 0 aliphatic heterocycles. The quantitative estimate of drug-likeness (QED) is 0.918. The zero-order chi connectivity index (χ0) is 13.8. The molecule has 1 N–H and O–H groups in total. The molecule has 1 amide bonds. The van der Waals surface area contributed by atoms with E-state index >= 15 is 0 Å². The van der Waals surface area contributed by atoms with E-state index in [-0.39, 0.29) is 5.91 Å². The zero-order valence-corrected chi connectivity index (χ0v) is 13.0. The number of hydrogen-bond acceptors (Lipinski definition) is 2. The molecule has 0 spiro atoms. The molecule has 1 saturated carbocycles. The van der Waals surface area contributed by atoms with Crippen molar-refractivity contribution in [1.82, 2.24) is 5.32 Å². The number of ether oxygens (including phenoxy) is 1. The number of halogens is 1. The van der Waals surface area contributed by atoms with Crippen molar-refractivity contribution in [3.63, 3.8) is 0 Å². The molecule has 0 saturated heterocycles. The molecule has 0 bridgehead atoms. The van der Waals surface area contributed by atoms with Gasteiger partial charge < -0.3 is 10.1 Å². The second-order valence-corrected chi connectivity index (χ2v) is 6.15. The van der Waals surface area contributed by atoms with Crippen LogP contribution in [0.25, 0.3) is 0 Å². The third kappa shape index (κ3) is 3.72. The molecule has 1 aromatic rings. The third-order valence-electron chi connectivity index (χ3n) is 3.69. The fraction of sp³-hybridized carbons (Fsp3) is 0.533. The fourth-order valence-corrected chi connectivity index (χ4v) is 3.18. The third-order valence-corrected chi connectivity index (χ3v) is 4.31. The molecule has 2 atom stereocenters. The molecule has 2 unspecified atom stereocenters. The summed E-state index contributed by atoms with van der Waals surface area (Å²) in [6, 6.07) is 5.73. The van der Waals surface area contributed by atoms with Crippen LogP contribution in [0.15, 0.2) is 22.7 Å². The monoisotopic (exact) mass is 325 g/mol. The molecule has 2 rings (SSSR count). The summed E-state index contributed by atoms with van der Waals surface area (Å²) in [5.74, 6) is 1.45. The molecule has 4 heteroatoms. The van der Waals surface area contributed by atoms with E-state index in [0.717, 1.165) is 23.1 Å². The molecule has 3 nitrogen and oxygen atoms in total. The average Bonchev–Trinajstić information content (AvgIpc) is 2.38. The summed E-state index contributed by atoms with van der Waals surface area (Å²) >= 11 is 3.41. The molecule has 1 aliphatic carbocycles. The highest BCUT2D eigenvalue weighted by Crippen LogP contribution is 2.26. The first kappa shape index (κ1) is 14.4. The van der Waals surface area contributed by atoms with E-state index in [1.165, 1.54) is 12.8 Å². The molecule has 1 fully saturated rings. The molecule has 0 radical (unpaired) electrons. The second-order valence-electron chi connectivity index (χ2n) is 5.29. The van der Waals surface area contributed by atoms with Gasteiger partial charge in [0.05, 0.1) is 11.6 Å². The molecule has 1 aliphatic rings. The van der Waals surface area contributed by atoms with Gasteiger partial charge in [-0.2, -0.15) is 0 Å². The maximum Gasteiger partial charge on any atom is 0.251 e. The first-order chi connectivity index (χ1) is 9.10. The van der Waals surface area contributed by atoms with E-state index < -0.39 is 0 Å². The second kappa shape index (κ2) is 6.42. The number of benzene rings is 1. The minimum Gasteiger partial charge on any atom is -0.496 e. The maximum atomic E-state index is 12.2. The minimum atomic E-state index is 0.00227. The molecular formula is C15H20BrNO2. The normalized spacial score (nSPS) is 22.9. The topological polar surface area (TPSA) is 38.3 Å². The molecule has 0 heterocycles. The lowest BCUT2D eigenvalue weighted by Crippen LogP contribution is -2.37. The van der Waals surface area contributed by atoms with Crippen molar-refractivity contribution in [3.05, 3.63) is 28.2 Å². The van der Waals surface area contributed by atoms with Gasteiger partial charge in [-0.3, -0.25) is 4.79 Å². The predicted octanol–water partition coefficient (Wildman–Crippen LogP) is 3.77. The number of hydrogen-bond donors (Lipinski definition) is 1. The highest BCUT2D eigenvalue weighted by Gasteiger charge is 2.21. The van der Waals surface area contributed by atoms with Gasteiger partial charge in [-0.1, -0.05) is 19.8 Å². The summed E-state index contributed by atoms with van der Waals surface area (Å²) in [5.41, 5.74) is 0.672. The van der Waals surface area contributed by atoms with Crippen LogP contribution in [-0.4, -0.2) is 19.1 Å². The Morgan fingerprint density at radius 1 is 1.42 bits per heavy atom. The summed E-state index contributed by atoms with van der Waals surface area (Å²) in [7, 11) is 1.61. The lowest BCUT2D eigenvalue weighted by molar-refractivity contribution is 0.0921. The molecular weight excluding hydrogens is 306 g/mol. The number of carbonyl (C=O) groups is 1. The highest BCUT2D eigenvalue weighted by atomic mass is 79.9. The van der Waals surface area contributed by atoms with E-state index in [1.807, 2.05) is 6.07 Å². The number of rotatable bonds is 3. The Hall–Kier alpha value is -1.03. The Balaban J connectivity index is 2.01. The van der Waals surface area contributed by atoms with Gasteiger partial charge >= 0.3 is 0 Å². The SMILES string of the molecule is COc1ccc(C(=O)NC2CCCC(C)C2)cc1Br. The van der Waals surface area contributed by atoms with Crippen LogP contribution < -0.4 is 10.1 Å². The van der Waals surface area contributed by atoms with Crippen molar-refractivity contribution in [1.29, 1.82) is 0 Å². The van der Waals surface area contributed by atoms with Crippen LogP contribution >= 0.6 is 15.9 Å². The number of methoxy groups -OCH3 is 1. The van der Waals surface area contributed by atoms with Crippen LogP contribution in [0, 0.1) is 5.92 Å². The molecule has 19 heavy (non-hydrogen) atoms. The van der Waals surface area contributed by atoms with Gasteiger partial charge in [-0.25, -0.2) is 0 Å². The minimum absolute atomic E-state index is 0.00227. The van der Waals surface area contributed by atoms with Crippen molar-refractivity contribution in [3.8, 4) is 5.75 Å². The van der Waals surface area contributed by atoms with Gasteiger partial charge in [-0.15, -0.1) is 0 Å². The van der Waals surface area contributed by atoms with Crippen molar-refractivity contribution in [2.75, 3.05) is 7.11 Å². The summed E-state index contributed by atoms with van der Waals surface area (Å²) in [6.45, 7) is 2.25. The first-order valence-electron chi connectivity index (χ1n) is 6.74. The summed E-state index contributed by atoms with van der Waals surface area (Å²) in [6.07, 6.45) is 4.66. The lowest BCUT2D eigenvalue weighted by atomic mass is 9.87. The number of nitrogens with one attached hydrogen (secondary N) is 1. The van der Waals surface area contributed by atoms with E-state index in [4.69, 9.17) is 4.74 Å². The van der Waals surface area contributed by atoms with Crippen LogP contribution in [0.1, 0.15) is 43.0 Å². The van der Waals surface area contributed by atoms with Crippen molar-refractivity contribution in [2.24, 2.45) is 5.92 Å². The van der Waals surface area contributed by atoms with Crippen molar-refractivity contribution >= 4 is 21.8 Å². The van der Waals surface area contributed by atoms with Crippen LogP contribution in [-0.2, 0) is 0 Å². The van der Waals surface area contributed by atoms with Gasteiger partial charge in [0, 0.05) is 11.6 Å². The zero-order valence-electron chi connectivity index (χ0n) is 11.4. The predicted molar refractivity (Wildman–Crippen MR) is 79.6 cm³/mol. The molecule has 0 aromatic heterocycles. The first-order valence-corrected chi connectivity index (χ1v) is 7.54. The lowest BCUT2D eigenvalue weighted by Gasteiger charge is -2.27. The van der Waals surface area contributed by atoms with E-state index in [2.05, 4.69) is 28.2 Å². The molecule has 104 valence electrons. The van der Waals surface area contributed by atoms with Crippen molar-refractivity contribution in [2.45, 2.75) is 38.6 Å². The maximum absolute atomic E-state index is 12.2. The number of carbonyl (C=O) groups excluding carboxylic acids is 1. The van der Waals surface area contributed by atoms with Gasteiger partial charge in [0.25, 0.3) is 5.91 Å². The van der Waals surface area contributed by atoms with Crippen LogP contribution in [0.3, 0.4) is 0 Å². The number of amides is 1. The van der Waals surface area contributed by atoms with Gasteiger partial charge in [0.1, 0.15) is 5.75 Å². The van der Waals surface area contributed by atoms with Crippen molar-refractivity contribution < 1.29 is 9.53 Å². The van der Waals surface area contributed by atoms with E-state index in [9.17, 15) is 4.79 Å². The summed E-state index contributed by atoms with van der Waals surface area (Å²) in [5, 5.41) is 3.13. The highest BCUT2D eigenvalue weighted by molar-refractivity contribution is 9.10. The van der Waals surface area contributed by atoms with Crippen LogP contribution in [0.2, 0.25) is 0 Å². The van der Waals surface area contributed by atoms with Crippen LogP contribution in [0.5, 0.6) is 5.75 Å². The van der Waals surface area contributed by atoms with E-state index in [0.29, 0.717) is 17.5 Å². The largest absolute Gasteiger partial charge is 0.496 e. The Bertz CT molecular complexity index is 461. The molecule has 1 aromatic carbocycles. The average molecular weight is 326 g/mol. The Morgan fingerprint density at radius 3 is 2.84 bits per heavy atom. The standard InChI is InChI=1S/C15H20BrNO2/c1-10-4-3-5-12(8-10)17-15(18)11-6-7-14(19-2)13(16)9-11/h6-7,9-10,12H,3-5,8H2,1-2H3,(H,17,18). The van der Waals surface area contributed by atoms with Gasteiger partial charge in [0.15, 0.2) is 0 Å². The summed E-state index contributed by atoms with van der Waals surface area (Å²) in [4.78, 5) is 12.2. The van der Waals surface area contributed by atoms with E-state index in [1.54, 1.807) is 19.2 Å². The summed E-state index contributed by atoms with van der Waals surface area (Å²) < 4.78 is 5.97. The van der Waals surface area contributed by atoms with Gasteiger partial charge in [-0.05, 0) is 52.9 Å². The van der Waals surface area contributed by atoms with Gasteiger partial charge in [0.2, 0.25) is 0 Å².